The van der Waals surface area contributed by atoms with E-state index in [2.05, 4.69) is 17.6 Å². The Labute approximate surface area is 67.5 Å². The summed E-state index contributed by atoms with van der Waals surface area (Å²) in [6, 6.07) is 0. The van der Waals surface area contributed by atoms with Crippen molar-refractivity contribution in [2.75, 3.05) is 26.2 Å². The lowest BCUT2D eigenvalue weighted by atomic mass is 10.4. The van der Waals surface area contributed by atoms with E-state index >= 15 is 0 Å². The lowest BCUT2D eigenvalue weighted by Gasteiger charge is -2.02. The zero-order valence-electron chi connectivity index (χ0n) is 6.97. The first-order valence-corrected chi connectivity index (χ1v) is 4.14. The highest BCUT2D eigenvalue weighted by atomic mass is 16.6. The number of hydrogen-bond donors (Lipinski definition) is 3. The third-order valence-corrected chi connectivity index (χ3v) is 1.68. The summed E-state index contributed by atoms with van der Waals surface area (Å²) in [5.74, 6) is 0. The van der Waals surface area contributed by atoms with E-state index < -0.39 is 0 Å². The van der Waals surface area contributed by atoms with Gasteiger partial charge in [0.05, 0.1) is 6.10 Å². The second-order valence-corrected chi connectivity index (χ2v) is 2.75. The van der Waals surface area contributed by atoms with Crippen LogP contribution >= 0.6 is 0 Å². The number of nitrogens with two attached hydrogens (primary N) is 1. The summed E-state index contributed by atoms with van der Waals surface area (Å²) >= 11 is 0. The Morgan fingerprint density at radius 2 is 2.09 bits per heavy atom. The molecule has 1 aliphatic rings. The average Bonchev–Trinajstić information content (AvgIpc) is 2.67. The van der Waals surface area contributed by atoms with Crippen LogP contribution in [0.15, 0.2) is 0 Å². The first-order chi connectivity index (χ1) is 5.34. The Kier molecular flexibility index (Phi) is 3.79. The maximum Gasteiger partial charge on any atom is 0.135 e. The van der Waals surface area contributed by atoms with Gasteiger partial charge >= 0.3 is 0 Å². The number of rotatable bonds is 6. The lowest BCUT2D eigenvalue weighted by Crippen LogP contribution is -2.32. The van der Waals surface area contributed by atoms with E-state index in [1.807, 2.05) is 0 Å². The smallest absolute Gasteiger partial charge is 0.135 e. The van der Waals surface area contributed by atoms with Crippen LogP contribution in [0.4, 0.5) is 0 Å². The molecule has 0 spiro atoms. The zero-order valence-corrected chi connectivity index (χ0v) is 6.97. The SMILES string of the molecule is CC1OC1NCCNCCN. The Hall–Kier alpha value is -0.160. The van der Waals surface area contributed by atoms with Gasteiger partial charge in [-0.05, 0) is 6.92 Å². The molecule has 0 amide bonds. The number of epoxide rings is 1. The Morgan fingerprint density at radius 1 is 1.36 bits per heavy atom. The van der Waals surface area contributed by atoms with Gasteiger partial charge in [0.2, 0.25) is 0 Å². The van der Waals surface area contributed by atoms with Gasteiger partial charge in [-0.3, -0.25) is 5.32 Å². The van der Waals surface area contributed by atoms with E-state index in [9.17, 15) is 0 Å². The van der Waals surface area contributed by atoms with Gasteiger partial charge in [0, 0.05) is 26.2 Å². The van der Waals surface area contributed by atoms with Crippen molar-refractivity contribution in [3.05, 3.63) is 0 Å². The number of ether oxygens (including phenoxy) is 1. The molecule has 0 aromatic carbocycles. The molecule has 0 aliphatic carbocycles. The lowest BCUT2D eigenvalue weighted by molar-refractivity contribution is 0.350. The molecule has 0 aromatic heterocycles. The molecule has 0 radical (unpaired) electrons. The molecule has 11 heavy (non-hydrogen) atoms. The molecule has 4 nitrogen and oxygen atoms in total. The highest BCUT2D eigenvalue weighted by Gasteiger charge is 2.32. The van der Waals surface area contributed by atoms with E-state index in [0.29, 0.717) is 18.9 Å². The summed E-state index contributed by atoms with van der Waals surface area (Å²) in [6.07, 6.45) is 0.708. The summed E-state index contributed by atoms with van der Waals surface area (Å²) in [5, 5.41) is 6.43. The molecule has 0 bridgehead atoms. The molecule has 2 unspecified atom stereocenters. The largest absolute Gasteiger partial charge is 0.354 e. The molecule has 1 rings (SSSR count). The van der Waals surface area contributed by atoms with Crippen molar-refractivity contribution in [3.63, 3.8) is 0 Å². The van der Waals surface area contributed by atoms with Gasteiger partial charge in [0.15, 0.2) is 0 Å². The third-order valence-electron chi connectivity index (χ3n) is 1.68. The van der Waals surface area contributed by atoms with Crippen molar-refractivity contribution in [2.45, 2.75) is 19.3 Å². The van der Waals surface area contributed by atoms with Gasteiger partial charge in [-0.1, -0.05) is 0 Å². The minimum Gasteiger partial charge on any atom is -0.354 e. The molecule has 2 atom stereocenters. The molecule has 0 saturated carbocycles. The Bertz CT molecular complexity index is 110. The quantitative estimate of drug-likeness (QED) is 0.339. The summed E-state index contributed by atoms with van der Waals surface area (Å²) < 4.78 is 5.16. The van der Waals surface area contributed by atoms with Crippen LogP contribution < -0.4 is 16.4 Å². The van der Waals surface area contributed by atoms with Crippen LogP contribution in [0.25, 0.3) is 0 Å². The predicted molar refractivity (Wildman–Crippen MR) is 44.3 cm³/mol. The highest BCUT2D eigenvalue weighted by molar-refractivity contribution is 4.77. The fraction of sp³-hybridized carbons (Fsp3) is 1.00. The summed E-state index contributed by atoms with van der Waals surface area (Å²) in [7, 11) is 0. The van der Waals surface area contributed by atoms with Crippen LogP contribution in [0.2, 0.25) is 0 Å². The molecule has 1 fully saturated rings. The molecule has 0 aromatic rings. The monoisotopic (exact) mass is 159 g/mol. The summed E-state index contributed by atoms with van der Waals surface area (Å²) in [6.45, 7) is 5.57. The average molecular weight is 159 g/mol. The van der Waals surface area contributed by atoms with Crippen molar-refractivity contribution in [1.29, 1.82) is 0 Å². The summed E-state index contributed by atoms with van der Waals surface area (Å²) in [4.78, 5) is 0. The standard InChI is InChI=1S/C7H17N3O/c1-6-7(11-6)10-5-4-9-3-2-8/h6-7,9-10H,2-5,8H2,1H3. The molecule has 1 heterocycles. The van der Waals surface area contributed by atoms with E-state index in [4.69, 9.17) is 10.5 Å². The second-order valence-electron chi connectivity index (χ2n) is 2.75. The van der Waals surface area contributed by atoms with Crippen LogP contribution in [0.5, 0.6) is 0 Å². The van der Waals surface area contributed by atoms with Crippen molar-refractivity contribution < 1.29 is 4.74 Å². The molecular weight excluding hydrogens is 142 g/mol. The van der Waals surface area contributed by atoms with Crippen LogP contribution in [0.1, 0.15) is 6.92 Å². The molecule has 66 valence electrons. The van der Waals surface area contributed by atoms with Gasteiger partial charge in [-0.2, -0.15) is 0 Å². The fourth-order valence-electron chi connectivity index (χ4n) is 0.930. The second kappa shape index (κ2) is 4.66. The maximum atomic E-state index is 5.30. The van der Waals surface area contributed by atoms with Crippen molar-refractivity contribution in [3.8, 4) is 0 Å². The van der Waals surface area contributed by atoms with E-state index in [0.717, 1.165) is 19.6 Å². The minimum absolute atomic E-state index is 0.301. The van der Waals surface area contributed by atoms with Crippen LogP contribution in [-0.4, -0.2) is 38.5 Å². The molecule has 1 saturated heterocycles. The van der Waals surface area contributed by atoms with Crippen molar-refractivity contribution in [2.24, 2.45) is 5.73 Å². The maximum absolute atomic E-state index is 5.30. The van der Waals surface area contributed by atoms with Crippen molar-refractivity contribution >= 4 is 0 Å². The fourth-order valence-corrected chi connectivity index (χ4v) is 0.930. The van der Waals surface area contributed by atoms with Gasteiger partial charge in [-0.25, -0.2) is 0 Å². The normalized spacial score (nSPS) is 28.9. The van der Waals surface area contributed by atoms with Gasteiger partial charge in [0.1, 0.15) is 6.23 Å². The molecule has 4 N–H and O–H groups in total. The molecular formula is C7H17N3O. The zero-order chi connectivity index (χ0) is 8.10. The molecule has 4 heteroatoms. The third kappa shape index (κ3) is 3.67. The topological polar surface area (TPSA) is 62.6 Å². The highest BCUT2D eigenvalue weighted by Crippen LogP contribution is 2.16. The van der Waals surface area contributed by atoms with E-state index in [1.54, 1.807) is 0 Å². The van der Waals surface area contributed by atoms with Crippen molar-refractivity contribution in [1.82, 2.24) is 10.6 Å². The van der Waals surface area contributed by atoms with Gasteiger partial charge in [-0.15, -0.1) is 0 Å². The first-order valence-electron chi connectivity index (χ1n) is 4.14. The van der Waals surface area contributed by atoms with Crippen LogP contribution in [-0.2, 0) is 4.74 Å². The number of nitrogens with one attached hydrogen (secondary N) is 2. The van der Waals surface area contributed by atoms with Gasteiger partial charge in [0.25, 0.3) is 0 Å². The summed E-state index contributed by atoms with van der Waals surface area (Å²) in [5.41, 5.74) is 5.30. The minimum atomic E-state index is 0.301. The van der Waals surface area contributed by atoms with E-state index in [1.165, 1.54) is 0 Å². The van der Waals surface area contributed by atoms with Gasteiger partial charge < -0.3 is 15.8 Å². The van der Waals surface area contributed by atoms with Crippen LogP contribution in [0.3, 0.4) is 0 Å². The van der Waals surface area contributed by atoms with Crippen LogP contribution in [0, 0.1) is 0 Å². The Balaban J connectivity index is 1.74. The van der Waals surface area contributed by atoms with E-state index in [-0.39, 0.29) is 0 Å². The first kappa shape index (κ1) is 8.93. The molecule has 1 aliphatic heterocycles. The Morgan fingerprint density at radius 3 is 2.64 bits per heavy atom. The predicted octanol–water partition coefficient (Wildman–Crippen LogP) is -1.13. The number of hydrogen-bond acceptors (Lipinski definition) is 4.